The SMILES string of the molecule is COc1cc(C(=O)Nc2ccc(C(C)=O)cc2)cc2c1OCCO2. The van der Waals surface area contributed by atoms with E-state index in [1.54, 1.807) is 36.4 Å². The number of benzene rings is 2. The largest absolute Gasteiger partial charge is 0.493 e. The third kappa shape index (κ3) is 3.17. The number of hydrogen-bond donors (Lipinski definition) is 1. The molecule has 6 nitrogen and oxygen atoms in total. The van der Waals surface area contributed by atoms with Crippen LogP contribution in [0.15, 0.2) is 36.4 Å². The van der Waals surface area contributed by atoms with Gasteiger partial charge in [0.25, 0.3) is 5.91 Å². The maximum atomic E-state index is 12.5. The minimum atomic E-state index is -0.305. The molecule has 0 unspecified atom stereocenters. The van der Waals surface area contributed by atoms with E-state index >= 15 is 0 Å². The van der Waals surface area contributed by atoms with Gasteiger partial charge in [-0.3, -0.25) is 9.59 Å². The minimum Gasteiger partial charge on any atom is -0.493 e. The summed E-state index contributed by atoms with van der Waals surface area (Å²) >= 11 is 0. The van der Waals surface area contributed by atoms with Crippen molar-refractivity contribution in [3.63, 3.8) is 0 Å². The Morgan fingerprint density at radius 2 is 1.75 bits per heavy atom. The van der Waals surface area contributed by atoms with Crippen LogP contribution in [0.4, 0.5) is 5.69 Å². The van der Waals surface area contributed by atoms with Crippen LogP contribution in [0.25, 0.3) is 0 Å². The summed E-state index contributed by atoms with van der Waals surface area (Å²) in [5.41, 5.74) is 1.58. The number of hydrogen-bond acceptors (Lipinski definition) is 5. The van der Waals surface area contributed by atoms with Gasteiger partial charge in [0, 0.05) is 16.8 Å². The molecular formula is C18H17NO5. The fourth-order valence-corrected chi connectivity index (χ4v) is 2.40. The summed E-state index contributed by atoms with van der Waals surface area (Å²) in [5, 5.41) is 2.78. The Kier molecular flexibility index (Phi) is 4.37. The van der Waals surface area contributed by atoms with E-state index in [1.807, 2.05) is 0 Å². The molecule has 2 aromatic carbocycles. The summed E-state index contributed by atoms with van der Waals surface area (Å²) in [6, 6.07) is 9.93. The molecule has 2 aromatic rings. The van der Waals surface area contributed by atoms with Gasteiger partial charge >= 0.3 is 0 Å². The van der Waals surface area contributed by atoms with Crippen molar-refractivity contribution in [1.82, 2.24) is 0 Å². The smallest absolute Gasteiger partial charge is 0.255 e. The number of amides is 1. The average molecular weight is 327 g/mol. The van der Waals surface area contributed by atoms with E-state index in [2.05, 4.69) is 5.32 Å². The first-order valence-electron chi connectivity index (χ1n) is 7.48. The van der Waals surface area contributed by atoms with E-state index in [0.717, 1.165) is 0 Å². The maximum absolute atomic E-state index is 12.5. The highest BCUT2D eigenvalue weighted by Crippen LogP contribution is 2.40. The molecule has 124 valence electrons. The van der Waals surface area contributed by atoms with E-state index in [9.17, 15) is 9.59 Å². The first-order valence-corrected chi connectivity index (χ1v) is 7.48. The van der Waals surface area contributed by atoms with Gasteiger partial charge in [0.2, 0.25) is 5.75 Å². The number of Topliss-reactive ketones (excluding diaryl/α,β-unsaturated/α-hetero) is 1. The lowest BCUT2D eigenvalue weighted by atomic mass is 10.1. The Hall–Kier alpha value is -3.02. The zero-order valence-corrected chi connectivity index (χ0v) is 13.4. The van der Waals surface area contributed by atoms with Crippen LogP contribution >= 0.6 is 0 Å². The summed E-state index contributed by atoms with van der Waals surface area (Å²) < 4.78 is 16.3. The summed E-state index contributed by atoms with van der Waals surface area (Å²) in [6.45, 7) is 2.36. The monoisotopic (exact) mass is 327 g/mol. The highest BCUT2D eigenvalue weighted by atomic mass is 16.6. The van der Waals surface area contributed by atoms with E-state index in [-0.39, 0.29) is 11.7 Å². The summed E-state index contributed by atoms with van der Waals surface area (Å²) in [6.07, 6.45) is 0. The van der Waals surface area contributed by atoms with E-state index in [0.29, 0.717) is 47.3 Å². The van der Waals surface area contributed by atoms with Gasteiger partial charge in [0.15, 0.2) is 17.3 Å². The molecule has 0 spiro atoms. The third-order valence-electron chi connectivity index (χ3n) is 3.64. The van der Waals surface area contributed by atoms with E-state index in [1.165, 1.54) is 14.0 Å². The molecule has 0 bridgehead atoms. The number of carbonyl (C=O) groups excluding carboxylic acids is 2. The summed E-state index contributed by atoms with van der Waals surface area (Å²) in [5.74, 6) is 1.11. The molecule has 0 radical (unpaired) electrons. The second-order valence-electron chi connectivity index (χ2n) is 5.29. The Morgan fingerprint density at radius 3 is 2.42 bits per heavy atom. The highest BCUT2D eigenvalue weighted by Gasteiger charge is 2.21. The number of nitrogens with one attached hydrogen (secondary N) is 1. The molecule has 1 heterocycles. The molecule has 0 fully saturated rings. The van der Waals surface area contributed by atoms with Crippen LogP contribution in [0.5, 0.6) is 17.2 Å². The van der Waals surface area contributed by atoms with Crippen LogP contribution in [-0.4, -0.2) is 32.0 Å². The maximum Gasteiger partial charge on any atom is 0.255 e. The van der Waals surface area contributed by atoms with Crippen LogP contribution in [0.3, 0.4) is 0 Å². The standard InChI is InChI=1S/C18H17NO5/c1-11(20)12-3-5-14(6-4-12)19-18(21)13-9-15(22-2)17-16(10-13)23-7-8-24-17/h3-6,9-10H,7-8H2,1-2H3,(H,19,21). The number of rotatable bonds is 4. The van der Waals surface area contributed by atoms with Crippen molar-refractivity contribution in [1.29, 1.82) is 0 Å². The molecule has 0 aliphatic carbocycles. The lowest BCUT2D eigenvalue weighted by Crippen LogP contribution is -2.18. The van der Waals surface area contributed by atoms with E-state index in [4.69, 9.17) is 14.2 Å². The van der Waals surface area contributed by atoms with Crippen LogP contribution in [-0.2, 0) is 0 Å². The second-order valence-corrected chi connectivity index (χ2v) is 5.29. The lowest BCUT2D eigenvalue weighted by molar-refractivity contribution is 0.101. The van der Waals surface area contributed by atoms with Crippen molar-refractivity contribution in [2.24, 2.45) is 0 Å². The number of ether oxygens (including phenoxy) is 3. The molecule has 1 amide bonds. The average Bonchev–Trinajstić information content (AvgIpc) is 2.61. The quantitative estimate of drug-likeness (QED) is 0.874. The Labute approximate surface area is 139 Å². The van der Waals surface area contributed by atoms with Crippen molar-refractivity contribution >= 4 is 17.4 Å². The fourth-order valence-electron chi connectivity index (χ4n) is 2.40. The number of methoxy groups -OCH3 is 1. The molecule has 6 heteroatoms. The Morgan fingerprint density at radius 1 is 1.04 bits per heavy atom. The molecular weight excluding hydrogens is 310 g/mol. The fraction of sp³-hybridized carbons (Fsp3) is 0.222. The normalized spacial score (nSPS) is 12.4. The zero-order valence-electron chi connectivity index (χ0n) is 13.4. The predicted molar refractivity (Wildman–Crippen MR) is 88.4 cm³/mol. The Bertz CT molecular complexity index is 765. The van der Waals surface area contributed by atoms with Crippen molar-refractivity contribution in [3.8, 4) is 17.2 Å². The van der Waals surface area contributed by atoms with Gasteiger partial charge in [-0.25, -0.2) is 0 Å². The molecule has 1 aliphatic heterocycles. The molecule has 3 rings (SSSR count). The van der Waals surface area contributed by atoms with Crippen molar-refractivity contribution in [3.05, 3.63) is 47.5 Å². The molecule has 0 atom stereocenters. The van der Waals surface area contributed by atoms with Gasteiger partial charge < -0.3 is 19.5 Å². The van der Waals surface area contributed by atoms with Crippen molar-refractivity contribution < 1.29 is 23.8 Å². The number of fused-ring (bicyclic) bond motifs is 1. The highest BCUT2D eigenvalue weighted by molar-refractivity contribution is 6.05. The van der Waals surface area contributed by atoms with E-state index < -0.39 is 0 Å². The predicted octanol–water partition coefficient (Wildman–Crippen LogP) is 2.92. The van der Waals surface area contributed by atoms with Gasteiger partial charge in [0.05, 0.1) is 7.11 Å². The first kappa shape index (κ1) is 15.9. The van der Waals surface area contributed by atoms with Gasteiger partial charge in [0.1, 0.15) is 13.2 Å². The summed E-state index contributed by atoms with van der Waals surface area (Å²) in [4.78, 5) is 23.7. The van der Waals surface area contributed by atoms with Crippen molar-refractivity contribution in [2.75, 3.05) is 25.6 Å². The van der Waals surface area contributed by atoms with Crippen LogP contribution in [0, 0.1) is 0 Å². The summed E-state index contributed by atoms with van der Waals surface area (Å²) in [7, 11) is 1.51. The van der Waals surface area contributed by atoms with Crippen LogP contribution < -0.4 is 19.5 Å². The molecule has 1 N–H and O–H groups in total. The number of ketones is 1. The minimum absolute atomic E-state index is 0.0237. The molecule has 0 saturated carbocycles. The van der Waals surface area contributed by atoms with Gasteiger partial charge in [-0.2, -0.15) is 0 Å². The molecule has 0 saturated heterocycles. The van der Waals surface area contributed by atoms with Gasteiger partial charge in [-0.15, -0.1) is 0 Å². The molecule has 1 aliphatic rings. The van der Waals surface area contributed by atoms with Gasteiger partial charge in [-0.1, -0.05) is 0 Å². The first-order chi connectivity index (χ1) is 11.6. The van der Waals surface area contributed by atoms with Gasteiger partial charge in [-0.05, 0) is 43.3 Å². The lowest BCUT2D eigenvalue weighted by Gasteiger charge is -2.21. The van der Waals surface area contributed by atoms with Crippen LogP contribution in [0.1, 0.15) is 27.6 Å². The second kappa shape index (κ2) is 6.62. The zero-order chi connectivity index (χ0) is 17.1. The van der Waals surface area contributed by atoms with Crippen molar-refractivity contribution in [2.45, 2.75) is 6.92 Å². The number of carbonyl (C=O) groups is 2. The third-order valence-corrected chi connectivity index (χ3v) is 3.64. The van der Waals surface area contributed by atoms with Crippen LogP contribution in [0.2, 0.25) is 0 Å². The molecule has 0 aromatic heterocycles. The Balaban J connectivity index is 1.83. The topological polar surface area (TPSA) is 73.9 Å². The molecule has 24 heavy (non-hydrogen) atoms. The number of anilines is 1.